The molecule has 1 rings (SSSR count). The lowest BCUT2D eigenvalue weighted by molar-refractivity contribution is -0.150. The molecule has 2 nitrogen and oxygen atoms in total. The van der Waals surface area contributed by atoms with E-state index >= 15 is 0 Å². The summed E-state index contributed by atoms with van der Waals surface area (Å²) in [6.07, 6.45) is 9.91. The number of carbonyl (C=O) groups is 1. The normalized spacial score (nSPS) is 26.0. The third-order valence-corrected chi connectivity index (χ3v) is 3.75. The SMILES string of the molecule is [CH2]CCCCC(=O)OC1CCCC([S])CCC1. The van der Waals surface area contributed by atoms with Gasteiger partial charge in [0, 0.05) is 11.7 Å². The first-order chi connectivity index (χ1) is 8.22. The van der Waals surface area contributed by atoms with Gasteiger partial charge in [-0.25, -0.2) is 0 Å². The molecular weight excluding hydrogens is 232 g/mol. The molecule has 0 spiro atoms. The molecule has 0 atom stereocenters. The fourth-order valence-electron chi connectivity index (χ4n) is 2.24. The molecule has 0 unspecified atom stereocenters. The van der Waals surface area contributed by atoms with Crippen LogP contribution in [0, 0.1) is 6.92 Å². The van der Waals surface area contributed by atoms with Gasteiger partial charge < -0.3 is 4.74 Å². The van der Waals surface area contributed by atoms with Crippen LogP contribution in [0.5, 0.6) is 0 Å². The zero-order chi connectivity index (χ0) is 12.5. The number of hydrogen-bond acceptors (Lipinski definition) is 2. The van der Waals surface area contributed by atoms with Crippen LogP contribution in [0.25, 0.3) is 0 Å². The van der Waals surface area contributed by atoms with Crippen molar-refractivity contribution in [1.82, 2.24) is 0 Å². The summed E-state index contributed by atoms with van der Waals surface area (Å²) in [6.45, 7) is 3.77. The third kappa shape index (κ3) is 6.97. The summed E-state index contributed by atoms with van der Waals surface area (Å²) in [7, 11) is 0. The lowest BCUT2D eigenvalue weighted by Crippen LogP contribution is -2.20. The molecule has 0 bridgehead atoms. The van der Waals surface area contributed by atoms with Crippen molar-refractivity contribution >= 4 is 18.6 Å². The molecule has 0 saturated heterocycles. The predicted molar refractivity (Wildman–Crippen MR) is 72.8 cm³/mol. The second-order valence-corrected chi connectivity index (χ2v) is 5.57. The summed E-state index contributed by atoms with van der Waals surface area (Å²) >= 11 is 5.32. The van der Waals surface area contributed by atoms with Crippen molar-refractivity contribution in [1.29, 1.82) is 0 Å². The Bertz CT molecular complexity index is 208. The minimum Gasteiger partial charge on any atom is -0.462 e. The van der Waals surface area contributed by atoms with Crippen LogP contribution in [0.2, 0.25) is 0 Å². The largest absolute Gasteiger partial charge is 0.462 e. The first kappa shape index (κ1) is 14.9. The van der Waals surface area contributed by atoms with Crippen LogP contribution in [0.15, 0.2) is 0 Å². The minimum absolute atomic E-state index is 0.0288. The molecular formula is C14H24O2S. The Labute approximate surface area is 111 Å². The molecule has 98 valence electrons. The second kappa shape index (κ2) is 8.84. The van der Waals surface area contributed by atoms with Crippen LogP contribution in [0.4, 0.5) is 0 Å². The highest BCUT2D eigenvalue weighted by Crippen LogP contribution is 2.23. The van der Waals surface area contributed by atoms with Gasteiger partial charge in [0.2, 0.25) is 0 Å². The molecule has 3 heteroatoms. The number of ether oxygens (including phenoxy) is 1. The maximum atomic E-state index is 11.6. The molecule has 0 N–H and O–H groups in total. The Morgan fingerprint density at radius 1 is 1.18 bits per heavy atom. The highest BCUT2D eigenvalue weighted by molar-refractivity contribution is 7.80. The van der Waals surface area contributed by atoms with Gasteiger partial charge in [-0.1, -0.05) is 32.4 Å². The first-order valence-corrected chi connectivity index (χ1v) is 7.34. The summed E-state index contributed by atoms with van der Waals surface area (Å²) < 4.78 is 5.52. The molecule has 17 heavy (non-hydrogen) atoms. The van der Waals surface area contributed by atoms with E-state index in [1.54, 1.807) is 0 Å². The molecule has 0 aliphatic heterocycles. The highest BCUT2D eigenvalue weighted by atomic mass is 32.1. The molecule has 1 fully saturated rings. The lowest BCUT2D eigenvalue weighted by Gasteiger charge is -2.22. The van der Waals surface area contributed by atoms with Crippen LogP contribution < -0.4 is 0 Å². The van der Waals surface area contributed by atoms with E-state index in [2.05, 4.69) is 6.92 Å². The van der Waals surface area contributed by atoms with E-state index in [9.17, 15) is 4.79 Å². The van der Waals surface area contributed by atoms with Gasteiger partial charge in [0.15, 0.2) is 0 Å². The topological polar surface area (TPSA) is 26.3 Å². The van der Waals surface area contributed by atoms with Crippen LogP contribution in [-0.2, 0) is 9.53 Å². The van der Waals surface area contributed by atoms with Crippen LogP contribution in [-0.4, -0.2) is 17.3 Å². The van der Waals surface area contributed by atoms with Crippen LogP contribution in [0.3, 0.4) is 0 Å². The van der Waals surface area contributed by atoms with E-state index in [1.165, 1.54) is 0 Å². The van der Waals surface area contributed by atoms with Crippen molar-refractivity contribution in [2.24, 2.45) is 0 Å². The Morgan fingerprint density at radius 2 is 1.82 bits per heavy atom. The van der Waals surface area contributed by atoms with E-state index in [0.717, 1.165) is 57.8 Å². The molecule has 0 heterocycles. The zero-order valence-corrected chi connectivity index (χ0v) is 11.5. The average molecular weight is 256 g/mol. The van der Waals surface area contributed by atoms with Crippen LogP contribution in [0.1, 0.15) is 64.2 Å². The minimum atomic E-state index is -0.0288. The van der Waals surface area contributed by atoms with Crippen molar-refractivity contribution in [3.63, 3.8) is 0 Å². The first-order valence-electron chi connectivity index (χ1n) is 6.87. The van der Waals surface area contributed by atoms with Gasteiger partial charge in [0.05, 0.1) is 0 Å². The summed E-state index contributed by atoms with van der Waals surface area (Å²) in [5.74, 6) is -0.0288. The molecule has 1 saturated carbocycles. The molecule has 0 aromatic heterocycles. The van der Waals surface area contributed by atoms with Gasteiger partial charge in [-0.2, -0.15) is 0 Å². The van der Waals surface area contributed by atoms with Gasteiger partial charge in [-0.05, 0) is 44.9 Å². The van der Waals surface area contributed by atoms with E-state index in [-0.39, 0.29) is 12.1 Å². The fourth-order valence-corrected chi connectivity index (χ4v) is 2.58. The van der Waals surface area contributed by atoms with E-state index < -0.39 is 0 Å². The third-order valence-electron chi connectivity index (χ3n) is 3.28. The summed E-state index contributed by atoms with van der Waals surface area (Å²) in [5, 5.41) is 0.434. The maximum absolute atomic E-state index is 11.6. The van der Waals surface area contributed by atoms with Crippen molar-refractivity contribution in [3.8, 4) is 0 Å². The van der Waals surface area contributed by atoms with Crippen molar-refractivity contribution < 1.29 is 9.53 Å². The number of rotatable bonds is 5. The van der Waals surface area contributed by atoms with Gasteiger partial charge in [-0.3, -0.25) is 4.79 Å². The molecule has 0 amide bonds. The van der Waals surface area contributed by atoms with Crippen LogP contribution >= 0.6 is 12.6 Å². The zero-order valence-electron chi connectivity index (χ0n) is 10.7. The Hall–Kier alpha value is -0.180. The van der Waals surface area contributed by atoms with Gasteiger partial charge >= 0.3 is 5.97 Å². The second-order valence-electron chi connectivity index (χ2n) is 4.91. The van der Waals surface area contributed by atoms with Crippen molar-refractivity contribution in [2.75, 3.05) is 0 Å². The predicted octanol–water partition coefficient (Wildman–Crippen LogP) is 4.21. The smallest absolute Gasteiger partial charge is 0.306 e. The standard InChI is InChI=1S/C14H24O2S/c1-2-3-4-11-14(15)16-12-7-5-9-13(17)10-6-8-12/h12-13H,1-11H2. The number of hydrogen-bond donors (Lipinski definition) is 0. The molecule has 2 radical (unpaired) electrons. The van der Waals surface area contributed by atoms with Crippen molar-refractivity contribution in [3.05, 3.63) is 6.92 Å². The lowest BCUT2D eigenvalue weighted by atomic mass is 9.98. The van der Waals surface area contributed by atoms with Gasteiger partial charge in [0.1, 0.15) is 6.10 Å². The van der Waals surface area contributed by atoms with Crippen molar-refractivity contribution in [2.45, 2.75) is 75.6 Å². The monoisotopic (exact) mass is 256 g/mol. The van der Waals surface area contributed by atoms with E-state index in [1.807, 2.05) is 0 Å². The van der Waals surface area contributed by atoms with Gasteiger partial charge in [0.25, 0.3) is 0 Å². The molecule has 1 aliphatic rings. The Kier molecular flexibility index (Phi) is 7.74. The molecule has 0 aromatic carbocycles. The van der Waals surface area contributed by atoms with E-state index in [0.29, 0.717) is 11.7 Å². The number of unbranched alkanes of at least 4 members (excludes halogenated alkanes) is 2. The molecule has 1 aliphatic carbocycles. The summed E-state index contributed by atoms with van der Waals surface area (Å²) in [4.78, 5) is 11.6. The maximum Gasteiger partial charge on any atom is 0.306 e. The Balaban J connectivity index is 2.18. The van der Waals surface area contributed by atoms with Gasteiger partial charge in [-0.15, -0.1) is 0 Å². The fraction of sp³-hybridized carbons (Fsp3) is 0.857. The summed E-state index contributed by atoms with van der Waals surface area (Å²) in [5.41, 5.74) is 0. The quantitative estimate of drug-likeness (QED) is 0.544. The summed E-state index contributed by atoms with van der Waals surface area (Å²) in [6, 6.07) is 0. The number of carbonyl (C=O) groups excluding carboxylic acids is 1. The Morgan fingerprint density at radius 3 is 2.41 bits per heavy atom. The number of esters is 1. The average Bonchev–Trinajstić information content (AvgIpc) is 2.26. The highest BCUT2D eigenvalue weighted by Gasteiger charge is 2.18. The van der Waals surface area contributed by atoms with E-state index in [4.69, 9.17) is 17.4 Å². The molecule has 0 aromatic rings.